The fourth-order valence-electron chi connectivity index (χ4n) is 0.919. The molecule has 0 bridgehead atoms. The number of thioether (sulfide) groups is 1. The van der Waals surface area contributed by atoms with Gasteiger partial charge in [0.05, 0.1) is 5.75 Å². The molecule has 68 valence electrons. The Labute approximate surface area is 78.9 Å². The lowest BCUT2D eigenvalue weighted by Crippen LogP contribution is -1.77. The Balaban J connectivity index is 2.23. The van der Waals surface area contributed by atoms with Crippen LogP contribution in [-0.4, -0.2) is 26.7 Å². The third-order valence-corrected chi connectivity index (χ3v) is 2.00. The minimum absolute atomic E-state index is 0.488. The van der Waals surface area contributed by atoms with Gasteiger partial charge in [-0.3, -0.25) is 5.10 Å². The molecule has 6 heteroatoms. The molecule has 0 aliphatic rings. The molecule has 0 atom stereocenters. The van der Waals surface area contributed by atoms with Gasteiger partial charge in [-0.15, -0.1) is 10.2 Å². The number of aromatic amines is 1. The first-order valence-corrected chi connectivity index (χ1v) is 5.10. The van der Waals surface area contributed by atoms with Gasteiger partial charge < -0.3 is 4.42 Å². The van der Waals surface area contributed by atoms with E-state index < -0.39 is 0 Å². The van der Waals surface area contributed by atoms with E-state index in [1.54, 1.807) is 24.0 Å². The molecule has 0 aromatic carbocycles. The Hall–Kier alpha value is -1.30. The minimum Gasteiger partial charge on any atom is -0.418 e. The lowest BCUT2D eigenvalue weighted by molar-refractivity contribution is 0.526. The van der Waals surface area contributed by atoms with Crippen molar-refractivity contribution in [1.82, 2.24) is 20.4 Å². The molecule has 0 spiro atoms. The van der Waals surface area contributed by atoms with Crippen LogP contribution in [0.3, 0.4) is 0 Å². The quantitative estimate of drug-likeness (QED) is 0.801. The maximum Gasteiger partial charge on any atom is 0.265 e. The molecule has 2 aromatic rings. The zero-order valence-corrected chi connectivity index (χ0v) is 7.84. The standard InChI is InChI=1S/C7H8N4OS/c1-13-4-6-10-11-7(12-6)5-2-3-8-9-5/h2-3H,4H2,1H3,(H,8,9). The molecule has 0 amide bonds. The highest BCUT2D eigenvalue weighted by Crippen LogP contribution is 2.15. The molecular formula is C7H8N4OS. The van der Waals surface area contributed by atoms with Crippen LogP contribution in [0.25, 0.3) is 11.6 Å². The van der Waals surface area contributed by atoms with Gasteiger partial charge in [-0.05, 0) is 12.3 Å². The second-order valence-electron chi connectivity index (χ2n) is 2.40. The average molecular weight is 196 g/mol. The van der Waals surface area contributed by atoms with Crippen molar-refractivity contribution in [2.24, 2.45) is 0 Å². The van der Waals surface area contributed by atoms with Gasteiger partial charge in [0.25, 0.3) is 5.89 Å². The Kier molecular flexibility index (Phi) is 2.31. The maximum atomic E-state index is 5.35. The van der Waals surface area contributed by atoms with Crippen molar-refractivity contribution >= 4 is 11.8 Å². The molecule has 2 aromatic heterocycles. The molecule has 0 aliphatic carbocycles. The third-order valence-electron chi connectivity index (χ3n) is 1.47. The monoisotopic (exact) mass is 196 g/mol. The summed E-state index contributed by atoms with van der Waals surface area (Å²) in [4.78, 5) is 0. The van der Waals surface area contributed by atoms with Crippen molar-refractivity contribution in [2.75, 3.05) is 6.26 Å². The first kappa shape index (κ1) is 8.31. The largest absolute Gasteiger partial charge is 0.418 e. The topological polar surface area (TPSA) is 67.6 Å². The van der Waals surface area contributed by atoms with E-state index in [0.717, 1.165) is 11.4 Å². The maximum absolute atomic E-state index is 5.35. The lowest BCUT2D eigenvalue weighted by Gasteiger charge is -1.87. The van der Waals surface area contributed by atoms with Gasteiger partial charge in [0.15, 0.2) is 0 Å². The SMILES string of the molecule is CSCc1nnc(-c2ccn[nH]2)o1. The Morgan fingerprint density at radius 2 is 2.46 bits per heavy atom. The smallest absolute Gasteiger partial charge is 0.265 e. The number of aromatic nitrogens is 4. The highest BCUT2D eigenvalue weighted by Gasteiger charge is 2.08. The number of nitrogens with one attached hydrogen (secondary N) is 1. The molecule has 2 rings (SSSR count). The van der Waals surface area contributed by atoms with Gasteiger partial charge in [0.2, 0.25) is 5.89 Å². The minimum atomic E-state index is 0.488. The van der Waals surface area contributed by atoms with Crippen LogP contribution < -0.4 is 0 Å². The van der Waals surface area contributed by atoms with Crippen molar-refractivity contribution in [3.8, 4) is 11.6 Å². The summed E-state index contributed by atoms with van der Waals surface area (Å²) in [5.74, 6) is 1.86. The molecule has 0 saturated heterocycles. The number of hydrogen-bond acceptors (Lipinski definition) is 5. The molecule has 0 aliphatic heterocycles. The van der Waals surface area contributed by atoms with Crippen LogP contribution in [0.2, 0.25) is 0 Å². The fourth-order valence-corrected chi connectivity index (χ4v) is 1.28. The first-order valence-electron chi connectivity index (χ1n) is 3.71. The molecule has 0 unspecified atom stereocenters. The van der Waals surface area contributed by atoms with E-state index in [2.05, 4.69) is 20.4 Å². The van der Waals surface area contributed by atoms with Crippen LogP contribution >= 0.6 is 11.8 Å². The predicted molar refractivity (Wildman–Crippen MR) is 49.1 cm³/mol. The van der Waals surface area contributed by atoms with Crippen LogP contribution in [0.1, 0.15) is 5.89 Å². The second-order valence-corrected chi connectivity index (χ2v) is 3.27. The Morgan fingerprint density at radius 1 is 1.54 bits per heavy atom. The molecular weight excluding hydrogens is 188 g/mol. The summed E-state index contributed by atoms with van der Waals surface area (Å²) in [6, 6.07) is 1.79. The first-order chi connectivity index (χ1) is 6.40. The van der Waals surface area contributed by atoms with E-state index in [0.29, 0.717) is 11.8 Å². The van der Waals surface area contributed by atoms with Gasteiger partial charge in [-0.1, -0.05) is 0 Å². The van der Waals surface area contributed by atoms with Gasteiger partial charge in [0.1, 0.15) is 5.69 Å². The number of H-pyrrole nitrogens is 1. The van der Waals surface area contributed by atoms with Crippen molar-refractivity contribution in [2.45, 2.75) is 5.75 Å². The van der Waals surface area contributed by atoms with Gasteiger partial charge in [0, 0.05) is 6.20 Å². The number of rotatable bonds is 3. The summed E-state index contributed by atoms with van der Waals surface area (Å²) >= 11 is 1.64. The summed E-state index contributed by atoms with van der Waals surface area (Å²) < 4.78 is 5.35. The Bertz CT molecular complexity index is 370. The average Bonchev–Trinajstić information content (AvgIpc) is 2.70. The van der Waals surface area contributed by atoms with E-state index in [-0.39, 0.29) is 0 Å². The summed E-state index contributed by atoms with van der Waals surface area (Å²) in [5.41, 5.74) is 0.750. The highest BCUT2D eigenvalue weighted by molar-refractivity contribution is 7.97. The summed E-state index contributed by atoms with van der Waals surface area (Å²) in [7, 11) is 0. The van der Waals surface area contributed by atoms with Gasteiger partial charge >= 0.3 is 0 Å². The highest BCUT2D eigenvalue weighted by atomic mass is 32.2. The van der Waals surface area contributed by atoms with E-state index >= 15 is 0 Å². The van der Waals surface area contributed by atoms with Crippen LogP contribution in [0, 0.1) is 0 Å². The van der Waals surface area contributed by atoms with E-state index in [1.165, 1.54) is 0 Å². The molecule has 0 radical (unpaired) electrons. The molecule has 0 saturated carbocycles. The lowest BCUT2D eigenvalue weighted by atomic mass is 10.4. The summed E-state index contributed by atoms with van der Waals surface area (Å²) in [5, 5.41) is 14.3. The zero-order valence-electron chi connectivity index (χ0n) is 7.02. The van der Waals surface area contributed by atoms with E-state index in [1.807, 2.05) is 6.26 Å². The van der Waals surface area contributed by atoms with Crippen molar-refractivity contribution in [3.05, 3.63) is 18.2 Å². The number of nitrogens with zero attached hydrogens (tertiary/aromatic N) is 3. The van der Waals surface area contributed by atoms with E-state index in [9.17, 15) is 0 Å². The van der Waals surface area contributed by atoms with E-state index in [4.69, 9.17) is 4.42 Å². The third kappa shape index (κ3) is 1.72. The Morgan fingerprint density at radius 3 is 3.15 bits per heavy atom. The number of hydrogen-bond donors (Lipinski definition) is 1. The molecule has 0 fully saturated rings. The van der Waals surface area contributed by atoms with Crippen molar-refractivity contribution < 1.29 is 4.42 Å². The molecule has 1 N–H and O–H groups in total. The van der Waals surface area contributed by atoms with Crippen LogP contribution in [0.15, 0.2) is 16.7 Å². The summed E-state index contributed by atoms with van der Waals surface area (Å²) in [6.07, 6.45) is 3.63. The molecule has 5 nitrogen and oxygen atoms in total. The van der Waals surface area contributed by atoms with Crippen molar-refractivity contribution in [1.29, 1.82) is 0 Å². The zero-order chi connectivity index (χ0) is 9.10. The predicted octanol–water partition coefficient (Wildman–Crippen LogP) is 1.32. The molecule has 13 heavy (non-hydrogen) atoms. The van der Waals surface area contributed by atoms with Gasteiger partial charge in [-0.2, -0.15) is 16.9 Å². The molecule has 2 heterocycles. The van der Waals surface area contributed by atoms with Gasteiger partial charge in [-0.25, -0.2) is 0 Å². The normalized spacial score (nSPS) is 10.5. The van der Waals surface area contributed by atoms with Crippen molar-refractivity contribution in [3.63, 3.8) is 0 Å². The van der Waals surface area contributed by atoms with Crippen LogP contribution in [0.4, 0.5) is 0 Å². The van der Waals surface area contributed by atoms with Crippen LogP contribution in [-0.2, 0) is 5.75 Å². The summed E-state index contributed by atoms with van der Waals surface area (Å²) in [6.45, 7) is 0. The second kappa shape index (κ2) is 3.61. The fraction of sp³-hybridized carbons (Fsp3) is 0.286. The van der Waals surface area contributed by atoms with Crippen LogP contribution in [0.5, 0.6) is 0 Å².